The van der Waals surface area contributed by atoms with Crippen molar-refractivity contribution in [1.82, 2.24) is 10.2 Å². The number of amides is 2. The molecule has 1 atom stereocenters. The molecule has 174 valence electrons. The lowest BCUT2D eigenvalue weighted by Gasteiger charge is -2.29. The Labute approximate surface area is 189 Å². The lowest BCUT2D eigenvalue weighted by molar-refractivity contribution is -0.142. The van der Waals surface area contributed by atoms with Crippen molar-refractivity contribution in [2.45, 2.75) is 39.4 Å². The monoisotopic (exact) mass is 444 g/mol. The van der Waals surface area contributed by atoms with Crippen molar-refractivity contribution in [3.63, 3.8) is 0 Å². The highest BCUT2D eigenvalue weighted by molar-refractivity contribution is 5.88. The number of nitrogens with one attached hydrogen (secondary N) is 1. The third-order valence-corrected chi connectivity index (χ3v) is 4.80. The summed E-state index contributed by atoms with van der Waals surface area (Å²) in [7, 11) is 4.67. The fourth-order valence-electron chi connectivity index (χ4n) is 3.01. The van der Waals surface area contributed by atoms with E-state index in [2.05, 4.69) is 5.32 Å². The third-order valence-electron chi connectivity index (χ3n) is 4.80. The van der Waals surface area contributed by atoms with Crippen LogP contribution >= 0.6 is 0 Å². The Morgan fingerprint density at radius 3 is 1.88 bits per heavy atom. The third kappa shape index (κ3) is 7.08. The highest BCUT2D eigenvalue weighted by Crippen LogP contribution is 2.27. The van der Waals surface area contributed by atoms with Crippen LogP contribution in [0.5, 0.6) is 23.0 Å². The molecule has 2 amide bonds. The van der Waals surface area contributed by atoms with E-state index in [1.807, 2.05) is 38.1 Å². The molecular weight excluding hydrogens is 412 g/mol. The Morgan fingerprint density at radius 2 is 1.38 bits per heavy atom. The lowest BCUT2D eigenvalue weighted by Crippen LogP contribution is -2.50. The van der Waals surface area contributed by atoms with Gasteiger partial charge in [0.2, 0.25) is 5.91 Å². The van der Waals surface area contributed by atoms with Crippen LogP contribution in [-0.4, -0.2) is 56.7 Å². The normalized spacial score (nSPS) is 11.5. The average Bonchev–Trinajstić information content (AvgIpc) is 2.80. The maximum atomic E-state index is 13.1. The zero-order valence-electron chi connectivity index (χ0n) is 19.5. The highest BCUT2D eigenvalue weighted by atomic mass is 16.5. The van der Waals surface area contributed by atoms with Crippen molar-refractivity contribution >= 4 is 11.8 Å². The summed E-state index contributed by atoms with van der Waals surface area (Å²) < 4.78 is 21.4. The fourth-order valence-corrected chi connectivity index (χ4v) is 3.01. The minimum absolute atomic E-state index is 0.0385. The highest BCUT2D eigenvalue weighted by Gasteiger charge is 2.27. The van der Waals surface area contributed by atoms with E-state index in [-0.39, 0.29) is 31.0 Å². The van der Waals surface area contributed by atoms with Gasteiger partial charge in [-0.2, -0.15) is 0 Å². The van der Waals surface area contributed by atoms with Crippen LogP contribution in [0.4, 0.5) is 0 Å². The number of rotatable bonds is 11. The quantitative estimate of drug-likeness (QED) is 0.573. The van der Waals surface area contributed by atoms with E-state index in [0.29, 0.717) is 23.0 Å². The molecule has 0 saturated carbocycles. The van der Waals surface area contributed by atoms with Gasteiger partial charge in [0.05, 0.1) is 21.3 Å². The number of carbonyl (C=O) groups excluding carboxylic acids is 2. The standard InChI is InChI=1S/C24H32N2O6/c1-16(2)25-24(28)17(3)26(14-18-7-9-19(29-4)10-8-18)23(27)15-32-22-12-20(30-5)11-21(13-22)31-6/h7-13,16-17H,14-15H2,1-6H3,(H,25,28)/t17-/m0/s1. The Bertz CT molecular complexity index is 876. The van der Waals surface area contributed by atoms with E-state index < -0.39 is 6.04 Å². The average molecular weight is 445 g/mol. The minimum Gasteiger partial charge on any atom is -0.497 e. The molecule has 0 saturated heterocycles. The largest absolute Gasteiger partial charge is 0.497 e. The maximum Gasteiger partial charge on any atom is 0.261 e. The molecule has 0 aromatic heterocycles. The van der Waals surface area contributed by atoms with E-state index in [1.165, 1.54) is 19.1 Å². The number of benzene rings is 2. The summed E-state index contributed by atoms with van der Waals surface area (Å²) in [5.41, 5.74) is 0.867. The van der Waals surface area contributed by atoms with E-state index in [0.717, 1.165) is 5.56 Å². The number of ether oxygens (including phenoxy) is 4. The van der Waals surface area contributed by atoms with E-state index in [4.69, 9.17) is 18.9 Å². The number of hydrogen-bond acceptors (Lipinski definition) is 6. The molecule has 1 N–H and O–H groups in total. The van der Waals surface area contributed by atoms with Gasteiger partial charge in [-0.3, -0.25) is 9.59 Å². The fraction of sp³-hybridized carbons (Fsp3) is 0.417. The lowest BCUT2D eigenvalue weighted by atomic mass is 10.1. The molecule has 0 spiro atoms. The molecule has 0 aliphatic heterocycles. The summed E-state index contributed by atoms with van der Waals surface area (Å²) in [6.07, 6.45) is 0. The van der Waals surface area contributed by atoms with E-state index >= 15 is 0 Å². The number of nitrogens with zero attached hydrogens (tertiary/aromatic N) is 1. The molecule has 2 aromatic rings. The molecule has 2 rings (SSSR count). The van der Waals surface area contributed by atoms with Crippen molar-refractivity contribution in [2.24, 2.45) is 0 Å². The first-order valence-electron chi connectivity index (χ1n) is 10.4. The van der Waals surface area contributed by atoms with Gasteiger partial charge in [-0.1, -0.05) is 12.1 Å². The van der Waals surface area contributed by atoms with Gasteiger partial charge in [-0.15, -0.1) is 0 Å². The molecule has 32 heavy (non-hydrogen) atoms. The Kier molecular flexibility index (Phi) is 9.19. The molecule has 0 unspecified atom stereocenters. The minimum atomic E-state index is -0.685. The van der Waals surface area contributed by atoms with Gasteiger partial charge in [0.25, 0.3) is 5.91 Å². The van der Waals surface area contributed by atoms with Crippen LogP contribution in [0, 0.1) is 0 Å². The number of hydrogen-bond donors (Lipinski definition) is 1. The first-order valence-corrected chi connectivity index (χ1v) is 10.4. The molecule has 0 radical (unpaired) electrons. The maximum absolute atomic E-state index is 13.1. The van der Waals surface area contributed by atoms with Gasteiger partial charge < -0.3 is 29.2 Å². The van der Waals surface area contributed by atoms with Crippen LogP contribution in [0.25, 0.3) is 0 Å². The second kappa shape index (κ2) is 11.8. The predicted octanol–water partition coefficient (Wildman–Crippen LogP) is 3.03. The Hall–Kier alpha value is -3.42. The molecular formula is C24H32N2O6. The van der Waals surface area contributed by atoms with Gasteiger partial charge in [0.1, 0.15) is 29.0 Å². The van der Waals surface area contributed by atoms with Gasteiger partial charge in [-0.05, 0) is 38.5 Å². The van der Waals surface area contributed by atoms with Crippen molar-refractivity contribution in [3.05, 3.63) is 48.0 Å². The van der Waals surface area contributed by atoms with Crippen LogP contribution in [0.3, 0.4) is 0 Å². The summed E-state index contributed by atoms with van der Waals surface area (Å²) >= 11 is 0. The van der Waals surface area contributed by atoms with Crippen molar-refractivity contribution in [2.75, 3.05) is 27.9 Å². The zero-order chi connectivity index (χ0) is 23.7. The van der Waals surface area contributed by atoms with Crippen molar-refractivity contribution in [3.8, 4) is 23.0 Å². The summed E-state index contributed by atoms with van der Waals surface area (Å²) in [5.74, 6) is 1.68. The molecule has 0 heterocycles. The second-order valence-electron chi connectivity index (χ2n) is 7.55. The molecule has 8 heteroatoms. The summed E-state index contributed by atoms with van der Waals surface area (Å²) in [6.45, 7) is 5.46. The van der Waals surface area contributed by atoms with Crippen molar-refractivity contribution in [1.29, 1.82) is 0 Å². The predicted molar refractivity (Wildman–Crippen MR) is 121 cm³/mol. The smallest absolute Gasteiger partial charge is 0.261 e. The van der Waals surface area contributed by atoms with Gasteiger partial charge in [0, 0.05) is 30.8 Å². The number of methoxy groups -OCH3 is 3. The van der Waals surface area contributed by atoms with Gasteiger partial charge >= 0.3 is 0 Å². The first kappa shape index (κ1) is 24.8. The molecule has 8 nitrogen and oxygen atoms in total. The molecule has 0 bridgehead atoms. The van der Waals surface area contributed by atoms with E-state index in [9.17, 15) is 9.59 Å². The van der Waals surface area contributed by atoms with Gasteiger partial charge in [-0.25, -0.2) is 0 Å². The Balaban J connectivity index is 2.19. The summed E-state index contributed by atoms with van der Waals surface area (Å²) in [4.78, 5) is 27.2. The van der Waals surface area contributed by atoms with Crippen LogP contribution in [0.15, 0.2) is 42.5 Å². The summed E-state index contributed by atoms with van der Waals surface area (Å²) in [6, 6.07) is 11.7. The zero-order valence-corrected chi connectivity index (χ0v) is 19.5. The van der Waals surface area contributed by atoms with E-state index in [1.54, 1.807) is 32.2 Å². The second-order valence-corrected chi connectivity index (χ2v) is 7.55. The molecule has 0 fully saturated rings. The van der Waals surface area contributed by atoms with Gasteiger partial charge in [0.15, 0.2) is 6.61 Å². The number of carbonyl (C=O) groups is 2. The van der Waals surface area contributed by atoms with Crippen LogP contribution in [0.1, 0.15) is 26.3 Å². The molecule has 0 aliphatic rings. The molecule has 0 aliphatic carbocycles. The Morgan fingerprint density at radius 1 is 0.844 bits per heavy atom. The SMILES string of the molecule is COc1ccc(CN(C(=O)COc2cc(OC)cc(OC)c2)[C@@H](C)C(=O)NC(C)C)cc1. The van der Waals surface area contributed by atoms with Crippen molar-refractivity contribution < 1.29 is 28.5 Å². The topological polar surface area (TPSA) is 86.3 Å². The summed E-state index contributed by atoms with van der Waals surface area (Å²) in [5, 5.41) is 2.86. The first-order chi connectivity index (χ1) is 15.3. The van der Waals surface area contributed by atoms with Crippen LogP contribution < -0.4 is 24.3 Å². The van der Waals surface area contributed by atoms with Crippen LogP contribution in [0.2, 0.25) is 0 Å². The van der Waals surface area contributed by atoms with Crippen LogP contribution in [-0.2, 0) is 16.1 Å². The molecule has 2 aromatic carbocycles.